The number of hydrogen-bond acceptors (Lipinski definition) is 10. The summed E-state index contributed by atoms with van der Waals surface area (Å²) in [5, 5.41) is 41.6. The molecule has 0 aliphatic carbocycles. The molecule has 0 saturated carbocycles. The van der Waals surface area contributed by atoms with Gasteiger partial charge in [-0.2, -0.15) is 0 Å². The number of rotatable bonds is 11. The maximum absolute atomic E-state index is 10.4. The number of carboxylic acid groups (broad SMARTS) is 4. The van der Waals surface area contributed by atoms with Crippen molar-refractivity contribution < 1.29 is 81.4 Å². The van der Waals surface area contributed by atoms with E-state index in [2.05, 4.69) is 0 Å². The summed E-state index contributed by atoms with van der Waals surface area (Å²) in [6.45, 7) is -3.25. The number of nitrogens with zero attached hydrogens (tertiary/aromatic N) is 2. The second-order valence-electron chi connectivity index (χ2n) is 3.91. The predicted octanol–water partition coefficient (Wildman–Crippen LogP) is -7.41. The van der Waals surface area contributed by atoms with Crippen LogP contribution in [0.1, 0.15) is 0 Å². The van der Waals surface area contributed by atoms with Gasteiger partial charge in [-0.1, -0.05) is 0 Å². The van der Waals surface area contributed by atoms with Crippen molar-refractivity contribution in [1.29, 1.82) is 0 Å². The van der Waals surface area contributed by atoms with Gasteiger partial charge in [0.25, 0.3) is 0 Å². The van der Waals surface area contributed by atoms with E-state index in [-0.39, 0.29) is 54.8 Å². The zero-order valence-corrected chi connectivity index (χ0v) is 14.0. The van der Waals surface area contributed by atoms with Gasteiger partial charge in [-0.25, -0.2) is 0 Å². The standard InChI is InChI=1S/C10H16N2O8.Ce/c13-7(14)3-11(4-8(15)16)1-2-12(5-9(17)18)6-10(19)20;/h1-6H2,(H,13,14)(H,15,16)(H,17,18)(H,19,20);/q;+4/p-4. The first kappa shape index (κ1) is 22.5. The van der Waals surface area contributed by atoms with E-state index in [9.17, 15) is 39.6 Å². The van der Waals surface area contributed by atoms with Crippen molar-refractivity contribution in [2.75, 3.05) is 39.3 Å². The van der Waals surface area contributed by atoms with Gasteiger partial charge < -0.3 is 39.6 Å². The summed E-state index contributed by atoms with van der Waals surface area (Å²) in [6, 6.07) is 0. The van der Waals surface area contributed by atoms with E-state index in [1.807, 2.05) is 0 Å². The molecule has 0 amide bonds. The zero-order valence-electron chi connectivity index (χ0n) is 10.9. The van der Waals surface area contributed by atoms with E-state index < -0.39 is 50.1 Å². The summed E-state index contributed by atoms with van der Waals surface area (Å²) in [5.74, 6) is -6.12. The minimum absolute atomic E-state index is 0. The molecule has 114 valence electrons. The van der Waals surface area contributed by atoms with Crippen LogP contribution in [0.25, 0.3) is 0 Å². The van der Waals surface area contributed by atoms with E-state index >= 15 is 0 Å². The van der Waals surface area contributed by atoms with Crippen molar-refractivity contribution in [3.05, 3.63) is 0 Å². The van der Waals surface area contributed by atoms with Crippen molar-refractivity contribution in [3.8, 4) is 0 Å². The van der Waals surface area contributed by atoms with Crippen LogP contribution in [0.15, 0.2) is 0 Å². The second kappa shape index (κ2) is 11.8. The minimum atomic E-state index is -1.53. The quantitative estimate of drug-likeness (QED) is 0.308. The number of carbonyl (C=O) groups is 4. The molecule has 11 heteroatoms. The third-order valence-electron chi connectivity index (χ3n) is 2.14. The minimum Gasteiger partial charge on any atom is -0.549 e. The topological polar surface area (TPSA) is 167 Å². The molecule has 0 bridgehead atoms. The average Bonchev–Trinajstić information content (AvgIpc) is 2.22. The molecular formula is C10H12CeN2O8. The predicted molar refractivity (Wildman–Crippen MR) is 52.9 cm³/mol. The third kappa shape index (κ3) is 13.9. The Balaban J connectivity index is 0. The molecule has 10 nitrogen and oxygen atoms in total. The van der Waals surface area contributed by atoms with Gasteiger partial charge in [0.1, 0.15) is 0 Å². The summed E-state index contributed by atoms with van der Waals surface area (Å²) < 4.78 is 0. The molecule has 0 N–H and O–H groups in total. The third-order valence-corrected chi connectivity index (χ3v) is 2.14. The largest absolute Gasteiger partial charge is 4.00 e. The van der Waals surface area contributed by atoms with Crippen LogP contribution in [0.3, 0.4) is 0 Å². The van der Waals surface area contributed by atoms with Crippen LogP contribution in [0.4, 0.5) is 0 Å². The number of carboxylic acids is 4. The molecule has 0 unspecified atom stereocenters. The van der Waals surface area contributed by atoms with Crippen LogP contribution >= 0.6 is 0 Å². The Labute approximate surface area is 153 Å². The van der Waals surface area contributed by atoms with Gasteiger partial charge in [0.15, 0.2) is 0 Å². The smallest absolute Gasteiger partial charge is 0.549 e. The first-order valence-corrected chi connectivity index (χ1v) is 5.44. The van der Waals surface area contributed by atoms with Crippen molar-refractivity contribution in [2.45, 2.75) is 0 Å². The Kier molecular flexibility index (Phi) is 12.6. The van der Waals surface area contributed by atoms with Crippen molar-refractivity contribution in [2.24, 2.45) is 0 Å². The summed E-state index contributed by atoms with van der Waals surface area (Å²) >= 11 is 0. The van der Waals surface area contributed by atoms with Crippen LogP contribution < -0.4 is 20.4 Å². The monoisotopic (exact) mass is 428 g/mol. The Bertz CT molecular complexity index is 321. The number of carbonyl (C=O) groups excluding carboxylic acids is 4. The van der Waals surface area contributed by atoms with Gasteiger partial charge >= 0.3 is 41.7 Å². The van der Waals surface area contributed by atoms with E-state index in [1.54, 1.807) is 0 Å². The number of hydrogen-bond donors (Lipinski definition) is 0. The van der Waals surface area contributed by atoms with Crippen LogP contribution in [-0.2, 0) is 19.2 Å². The molecule has 0 aromatic rings. The summed E-state index contributed by atoms with van der Waals surface area (Å²) in [6.07, 6.45) is 0. The SMILES string of the molecule is O=C([O-])CN(CCN(CC(=O)[O-])CC(=O)[O-])CC(=O)[O-].[Ce+4]. The fourth-order valence-corrected chi connectivity index (χ4v) is 1.44. The average molecular weight is 428 g/mol. The summed E-state index contributed by atoms with van der Waals surface area (Å²) in [4.78, 5) is 43.4. The molecule has 0 spiro atoms. The van der Waals surface area contributed by atoms with E-state index in [0.29, 0.717) is 0 Å². The van der Waals surface area contributed by atoms with Gasteiger partial charge in [-0.3, -0.25) is 9.80 Å². The maximum atomic E-state index is 10.4. The van der Waals surface area contributed by atoms with Crippen LogP contribution in [0.2, 0.25) is 0 Å². The van der Waals surface area contributed by atoms with E-state index in [0.717, 1.165) is 9.80 Å². The van der Waals surface area contributed by atoms with E-state index in [4.69, 9.17) is 0 Å². The molecule has 0 aromatic carbocycles. The molecule has 21 heavy (non-hydrogen) atoms. The molecule has 0 saturated heterocycles. The van der Waals surface area contributed by atoms with Gasteiger partial charge in [-0.05, 0) is 0 Å². The van der Waals surface area contributed by atoms with Crippen LogP contribution in [-0.4, -0.2) is 72.9 Å². The van der Waals surface area contributed by atoms with Gasteiger partial charge in [0, 0.05) is 39.3 Å². The van der Waals surface area contributed by atoms with Crippen molar-refractivity contribution >= 4 is 23.9 Å². The normalized spacial score (nSPS) is 10.2. The molecule has 0 aliphatic rings. The maximum Gasteiger partial charge on any atom is 4.00 e. The van der Waals surface area contributed by atoms with Gasteiger partial charge in [0.2, 0.25) is 0 Å². The Morgan fingerprint density at radius 2 is 0.762 bits per heavy atom. The number of aliphatic carboxylic acids is 4. The molecule has 0 aromatic heterocycles. The Morgan fingerprint density at radius 3 is 0.905 bits per heavy atom. The van der Waals surface area contributed by atoms with Crippen molar-refractivity contribution in [1.82, 2.24) is 9.80 Å². The zero-order chi connectivity index (χ0) is 15.7. The fourth-order valence-electron chi connectivity index (χ4n) is 1.44. The van der Waals surface area contributed by atoms with Crippen LogP contribution in [0, 0.1) is 41.7 Å². The second-order valence-corrected chi connectivity index (χ2v) is 3.91. The molecular weight excluding hydrogens is 416 g/mol. The molecule has 0 fully saturated rings. The van der Waals surface area contributed by atoms with Gasteiger partial charge in [-0.15, -0.1) is 0 Å². The summed E-state index contributed by atoms with van der Waals surface area (Å²) in [5.41, 5.74) is 0. The first-order chi connectivity index (χ1) is 9.20. The molecule has 0 aliphatic heterocycles. The van der Waals surface area contributed by atoms with E-state index in [1.165, 1.54) is 0 Å². The molecule has 0 heterocycles. The van der Waals surface area contributed by atoms with Crippen molar-refractivity contribution in [3.63, 3.8) is 0 Å². The van der Waals surface area contributed by atoms with Crippen LogP contribution in [0.5, 0.6) is 0 Å². The van der Waals surface area contributed by atoms with Gasteiger partial charge in [0.05, 0.1) is 23.9 Å². The Morgan fingerprint density at radius 1 is 0.571 bits per heavy atom. The molecule has 0 rings (SSSR count). The summed E-state index contributed by atoms with van der Waals surface area (Å²) in [7, 11) is 0. The molecule has 0 radical (unpaired) electrons. The fraction of sp³-hybridized carbons (Fsp3) is 0.600. The molecule has 0 atom stereocenters. The first-order valence-electron chi connectivity index (χ1n) is 5.44. The Hall–Kier alpha value is -0.823.